The zero-order chi connectivity index (χ0) is 12.3. The Balaban J connectivity index is 1.87. The Morgan fingerprint density at radius 3 is 2.76 bits per heavy atom. The molecule has 0 spiro atoms. The molecule has 1 unspecified atom stereocenters. The predicted molar refractivity (Wildman–Crippen MR) is 69.6 cm³/mol. The summed E-state index contributed by atoms with van der Waals surface area (Å²) in [6.45, 7) is 0.927. The van der Waals surface area contributed by atoms with Crippen LogP contribution < -0.4 is 5.73 Å². The van der Waals surface area contributed by atoms with Crippen molar-refractivity contribution in [1.82, 2.24) is 14.7 Å². The Morgan fingerprint density at radius 1 is 1.47 bits per heavy atom. The Kier molecular flexibility index (Phi) is 4.18. The van der Waals surface area contributed by atoms with Crippen LogP contribution in [0.3, 0.4) is 0 Å². The first-order chi connectivity index (χ1) is 8.16. The molecule has 4 heteroatoms. The zero-order valence-electron chi connectivity index (χ0n) is 11.0. The molecule has 17 heavy (non-hydrogen) atoms. The van der Waals surface area contributed by atoms with Crippen LogP contribution in [-0.2, 0) is 7.05 Å². The SMILES string of the molecule is CN(CC(N)c1cnn(C)c1)C1CCCCC1. The summed E-state index contributed by atoms with van der Waals surface area (Å²) in [7, 11) is 4.13. The van der Waals surface area contributed by atoms with Gasteiger partial charge in [0.2, 0.25) is 0 Å². The summed E-state index contributed by atoms with van der Waals surface area (Å²) in [5.74, 6) is 0. The van der Waals surface area contributed by atoms with Gasteiger partial charge < -0.3 is 10.6 Å². The fourth-order valence-electron chi connectivity index (χ4n) is 2.72. The lowest BCUT2D eigenvalue weighted by Gasteiger charge is -2.32. The molecule has 1 saturated carbocycles. The molecule has 0 bridgehead atoms. The summed E-state index contributed by atoms with van der Waals surface area (Å²) in [5, 5.41) is 4.18. The van der Waals surface area contributed by atoms with Gasteiger partial charge in [-0.1, -0.05) is 19.3 Å². The zero-order valence-corrected chi connectivity index (χ0v) is 11.0. The maximum absolute atomic E-state index is 6.22. The molecule has 0 aromatic carbocycles. The van der Waals surface area contributed by atoms with Crippen molar-refractivity contribution in [1.29, 1.82) is 0 Å². The van der Waals surface area contributed by atoms with Gasteiger partial charge in [0.25, 0.3) is 0 Å². The highest BCUT2D eigenvalue weighted by atomic mass is 15.2. The Labute approximate surface area is 104 Å². The number of hydrogen-bond acceptors (Lipinski definition) is 3. The maximum Gasteiger partial charge on any atom is 0.0537 e. The summed E-state index contributed by atoms with van der Waals surface area (Å²) in [6.07, 6.45) is 10.7. The van der Waals surface area contributed by atoms with E-state index in [2.05, 4.69) is 17.0 Å². The van der Waals surface area contributed by atoms with Crippen molar-refractivity contribution in [3.05, 3.63) is 18.0 Å². The quantitative estimate of drug-likeness (QED) is 0.865. The number of hydrogen-bond donors (Lipinski definition) is 1. The fraction of sp³-hybridized carbons (Fsp3) is 0.769. The van der Waals surface area contributed by atoms with E-state index in [1.165, 1.54) is 32.1 Å². The van der Waals surface area contributed by atoms with E-state index >= 15 is 0 Å². The molecule has 1 fully saturated rings. The van der Waals surface area contributed by atoms with Gasteiger partial charge in [-0.05, 0) is 19.9 Å². The molecule has 1 aromatic rings. The van der Waals surface area contributed by atoms with E-state index in [9.17, 15) is 0 Å². The summed E-state index contributed by atoms with van der Waals surface area (Å²) in [5.41, 5.74) is 7.36. The number of nitrogens with two attached hydrogens (primary N) is 1. The summed E-state index contributed by atoms with van der Waals surface area (Å²) >= 11 is 0. The van der Waals surface area contributed by atoms with E-state index in [1.807, 2.05) is 24.1 Å². The van der Waals surface area contributed by atoms with Crippen LogP contribution in [0, 0.1) is 0 Å². The minimum Gasteiger partial charge on any atom is -0.323 e. The molecule has 2 N–H and O–H groups in total. The third kappa shape index (κ3) is 3.30. The molecule has 4 nitrogen and oxygen atoms in total. The highest BCUT2D eigenvalue weighted by Gasteiger charge is 2.20. The van der Waals surface area contributed by atoms with E-state index in [1.54, 1.807) is 0 Å². The number of rotatable bonds is 4. The average molecular weight is 236 g/mol. The molecular formula is C13H24N4. The standard InChI is InChI=1S/C13H24N4/c1-16(12-6-4-3-5-7-12)10-13(14)11-8-15-17(2)9-11/h8-9,12-13H,3-7,10,14H2,1-2H3. The van der Waals surface area contributed by atoms with Gasteiger partial charge in [0.1, 0.15) is 0 Å². The molecule has 1 aliphatic carbocycles. The molecule has 1 heterocycles. The maximum atomic E-state index is 6.22. The van der Waals surface area contributed by atoms with Crippen molar-refractivity contribution in [2.24, 2.45) is 12.8 Å². The Morgan fingerprint density at radius 2 is 2.18 bits per heavy atom. The lowest BCUT2D eigenvalue weighted by Crippen LogP contribution is -2.38. The normalized spacial score (nSPS) is 19.8. The molecule has 1 atom stereocenters. The lowest BCUT2D eigenvalue weighted by atomic mass is 9.94. The van der Waals surface area contributed by atoms with Crippen LogP contribution in [0.4, 0.5) is 0 Å². The van der Waals surface area contributed by atoms with E-state index in [4.69, 9.17) is 5.73 Å². The second kappa shape index (κ2) is 5.65. The van der Waals surface area contributed by atoms with E-state index in [-0.39, 0.29) is 6.04 Å². The predicted octanol–water partition coefficient (Wildman–Crippen LogP) is 1.68. The second-order valence-corrected chi connectivity index (χ2v) is 5.29. The van der Waals surface area contributed by atoms with Gasteiger partial charge in [-0.3, -0.25) is 4.68 Å². The summed E-state index contributed by atoms with van der Waals surface area (Å²) < 4.78 is 1.82. The van der Waals surface area contributed by atoms with Crippen LogP contribution in [0.1, 0.15) is 43.7 Å². The minimum atomic E-state index is 0.0793. The molecule has 2 rings (SSSR count). The first-order valence-electron chi connectivity index (χ1n) is 6.61. The monoisotopic (exact) mass is 236 g/mol. The Bertz CT molecular complexity index is 341. The minimum absolute atomic E-state index is 0.0793. The van der Waals surface area contributed by atoms with Gasteiger partial charge in [0, 0.05) is 37.4 Å². The average Bonchev–Trinajstić information content (AvgIpc) is 2.77. The topological polar surface area (TPSA) is 47.1 Å². The van der Waals surface area contributed by atoms with Gasteiger partial charge in [-0.15, -0.1) is 0 Å². The molecule has 0 saturated heterocycles. The second-order valence-electron chi connectivity index (χ2n) is 5.29. The molecule has 0 amide bonds. The van der Waals surface area contributed by atoms with Crippen molar-refractivity contribution in [2.75, 3.05) is 13.6 Å². The number of likely N-dealkylation sites (N-methyl/N-ethyl adjacent to an activating group) is 1. The summed E-state index contributed by atoms with van der Waals surface area (Å²) in [4.78, 5) is 2.43. The molecule has 0 aliphatic heterocycles. The van der Waals surface area contributed by atoms with Crippen molar-refractivity contribution >= 4 is 0 Å². The number of nitrogens with zero attached hydrogens (tertiary/aromatic N) is 3. The van der Waals surface area contributed by atoms with Crippen LogP contribution in [0.25, 0.3) is 0 Å². The van der Waals surface area contributed by atoms with Crippen LogP contribution in [-0.4, -0.2) is 34.3 Å². The first kappa shape index (κ1) is 12.6. The third-order valence-corrected chi connectivity index (χ3v) is 3.84. The number of aryl methyl sites for hydroxylation is 1. The molecular weight excluding hydrogens is 212 g/mol. The highest BCUT2D eigenvalue weighted by molar-refractivity contribution is 5.10. The van der Waals surface area contributed by atoms with Crippen LogP contribution in [0.15, 0.2) is 12.4 Å². The first-order valence-corrected chi connectivity index (χ1v) is 6.61. The highest BCUT2D eigenvalue weighted by Crippen LogP contribution is 2.22. The van der Waals surface area contributed by atoms with Crippen LogP contribution >= 0.6 is 0 Å². The van der Waals surface area contributed by atoms with E-state index in [0.717, 1.165) is 18.2 Å². The van der Waals surface area contributed by atoms with E-state index < -0.39 is 0 Å². The smallest absolute Gasteiger partial charge is 0.0537 e. The van der Waals surface area contributed by atoms with Crippen LogP contribution in [0.2, 0.25) is 0 Å². The molecule has 96 valence electrons. The van der Waals surface area contributed by atoms with Crippen molar-refractivity contribution in [3.8, 4) is 0 Å². The van der Waals surface area contributed by atoms with Crippen molar-refractivity contribution in [2.45, 2.75) is 44.2 Å². The molecule has 1 aliphatic rings. The van der Waals surface area contributed by atoms with Crippen molar-refractivity contribution in [3.63, 3.8) is 0 Å². The van der Waals surface area contributed by atoms with Gasteiger partial charge in [0.15, 0.2) is 0 Å². The third-order valence-electron chi connectivity index (χ3n) is 3.84. The molecule has 1 aromatic heterocycles. The van der Waals surface area contributed by atoms with Gasteiger partial charge >= 0.3 is 0 Å². The summed E-state index contributed by atoms with van der Waals surface area (Å²) in [6, 6.07) is 0.807. The van der Waals surface area contributed by atoms with Gasteiger partial charge in [-0.25, -0.2) is 0 Å². The molecule has 0 radical (unpaired) electrons. The van der Waals surface area contributed by atoms with Crippen molar-refractivity contribution < 1.29 is 0 Å². The largest absolute Gasteiger partial charge is 0.323 e. The van der Waals surface area contributed by atoms with E-state index in [0.29, 0.717) is 0 Å². The Hall–Kier alpha value is -0.870. The number of aromatic nitrogens is 2. The lowest BCUT2D eigenvalue weighted by molar-refractivity contribution is 0.182. The van der Waals surface area contributed by atoms with Gasteiger partial charge in [-0.2, -0.15) is 5.10 Å². The fourth-order valence-corrected chi connectivity index (χ4v) is 2.72. The van der Waals surface area contributed by atoms with Crippen LogP contribution in [0.5, 0.6) is 0 Å². The van der Waals surface area contributed by atoms with Gasteiger partial charge in [0.05, 0.1) is 6.20 Å².